The molecule has 1 atom stereocenters. The number of aromatic nitrogens is 1. The van der Waals surface area contributed by atoms with Crippen LogP contribution >= 0.6 is 0 Å². The number of ether oxygens (including phenoxy) is 1. The minimum atomic E-state index is -3.58. The van der Waals surface area contributed by atoms with Crippen LogP contribution in [-0.4, -0.2) is 32.0 Å². The Labute approximate surface area is 190 Å². The predicted octanol–water partition coefficient (Wildman–Crippen LogP) is 5.08. The highest BCUT2D eigenvalue weighted by Crippen LogP contribution is 2.27. The average Bonchev–Trinajstić information content (AvgIpc) is 2.70. The summed E-state index contributed by atoms with van der Waals surface area (Å²) < 4.78 is 45.0. The van der Waals surface area contributed by atoms with E-state index in [1.807, 2.05) is 19.9 Å². The van der Waals surface area contributed by atoms with Gasteiger partial charge in [-0.05, 0) is 56.0 Å². The summed E-state index contributed by atoms with van der Waals surface area (Å²) in [4.78, 5) is 17.4. The van der Waals surface area contributed by atoms with E-state index >= 15 is 0 Å². The third-order valence-corrected chi connectivity index (χ3v) is 5.91. The molecule has 0 aliphatic carbocycles. The molecule has 1 N–H and O–H groups in total. The van der Waals surface area contributed by atoms with Crippen LogP contribution in [0.3, 0.4) is 0 Å². The minimum absolute atomic E-state index is 0.0369. The van der Waals surface area contributed by atoms with Crippen LogP contribution in [0.25, 0.3) is 0 Å². The van der Waals surface area contributed by atoms with E-state index in [2.05, 4.69) is 16.6 Å². The Kier molecular flexibility index (Phi) is 9.19. The fourth-order valence-electron chi connectivity index (χ4n) is 3.51. The molecule has 1 unspecified atom stereocenters. The molecule has 2 aromatic rings. The van der Waals surface area contributed by atoms with Crippen molar-refractivity contribution >= 4 is 21.5 Å². The second-order valence-corrected chi connectivity index (χ2v) is 9.97. The lowest BCUT2D eigenvalue weighted by Gasteiger charge is -2.16. The molecule has 0 saturated carbocycles. The van der Waals surface area contributed by atoms with Gasteiger partial charge in [-0.2, -0.15) is 0 Å². The van der Waals surface area contributed by atoms with E-state index in [1.165, 1.54) is 12.1 Å². The van der Waals surface area contributed by atoms with E-state index in [0.29, 0.717) is 24.5 Å². The molecule has 1 aromatic heterocycles. The molecule has 0 amide bonds. The van der Waals surface area contributed by atoms with Crippen LogP contribution in [0.2, 0.25) is 0 Å². The first kappa shape index (κ1) is 25.8. The SMILES string of the molecule is CCCCCOc1nc(C)cc(C)c1CCC(=O)C(C)c1ccc(NS(C)(=O)=O)c(F)c1. The van der Waals surface area contributed by atoms with Crippen LogP contribution < -0.4 is 9.46 Å². The molecule has 0 aliphatic rings. The van der Waals surface area contributed by atoms with Crippen molar-refractivity contribution < 1.29 is 22.3 Å². The standard InChI is InChI=1S/C24H33FN2O4S/c1-6-7-8-13-31-24-20(16(2)14-17(3)26-24)10-12-23(28)18(4)19-9-11-22(21(25)15-19)27-32(5,29)30/h9,11,14-15,18,27H,6-8,10,12-13H2,1-5H3. The quantitative estimate of drug-likeness (QED) is 0.443. The van der Waals surface area contributed by atoms with Gasteiger partial charge in [0.05, 0.1) is 18.6 Å². The molecule has 176 valence electrons. The number of hydrogen-bond acceptors (Lipinski definition) is 5. The van der Waals surface area contributed by atoms with Gasteiger partial charge in [0.2, 0.25) is 15.9 Å². The zero-order chi connectivity index (χ0) is 23.9. The smallest absolute Gasteiger partial charge is 0.229 e. The Bertz CT molecular complexity index is 1050. The zero-order valence-electron chi connectivity index (χ0n) is 19.5. The van der Waals surface area contributed by atoms with Crippen LogP contribution in [0.15, 0.2) is 24.3 Å². The molecule has 0 spiro atoms. The van der Waals surface area contributed by atoms with Gasteiger partial charge >= 0.3 is 0 Å². The number of nitrogens with one attached hydrogen (secondary N) is 1. The number of carbonyl (C=O) groups is 1. The molecule has 2 rings (SSSR count). The topological polar surface area (TPSA) is 85.4 Å². The number of Topliss-reactive ketones (excluding diaryl/α,β-unsaturated/α-hetero) is 1. The van der Waals surface area contributed by atoms with E-state index in [4.69, 9.17) is 4.74 Å². The second-order valence-electron chi connectivity index (χ2n) is 8.22. The summed E-state index contributed by atoms with van der Waals surface area (Å²) >= 11 is 0. The van der Waals surface area contributed by atoms with Gasteiger partial charge in [0, 0.05) is 23.6 Å². The Balaban J connectivity index is 2.09. The van der Waals surface area contributed by atoms with Crippen molar-refractivity contribution in [3.8, 4) is 5.88 Å². The monoisotopic (exact) mass is 464 g/mol. The number of nitrogens with zero attached hydrogens (tertiary/aromatic N) is 1. The number of pyridine rings is 1. The van der Waals surface area contributed by atoms with Gasteiger partial charge in [0.25, 0.3) is 0 Å². The second kappa shape index (κ2) is 11.4. The number of halogens is 1. The highest BCUT2D eigenvalue weighted by Gasteiger charge is 2.19. The van der Waals surface area contributed by atoms with Crippen molar-refractivity contribution in [3.05, 3.63) is 52.5 Å². The van der Waals surface area contributed by atoms with E-state index < -0.39 is 21.8 Å². The summed E-state index contributed by atoms with van der Waals surface area (Å²) in [7, 11) is -3.58. The van der Waals surface area contributed by atoms with Gasteiger partial charge in [-0.25, -0.2) is 17.8 Å². The molecule has 0 aliphatic heterocycles. The van der Waals surface area contributed by atoms with Crippen LogP contribution in [0.5, 0.6) is 5.88 Å². The molecule has 1 heterocycles. The molecule has 0 saturated heterocycles. The molecule has 1 aromatic carbocycles. The fourth-order valence-corrected chi connectivity index (χ4v) is 4.07. The minimum Gasteiger partial charge on any atom is -0.477 e. The molecule has 8 heteroatoms. The number of hydrogen-bond donors (Lipinski definition) is 1. The summed E-state index contributed by atoms with van der Waals surface area (Å²) in [5.74, 6) is -0.690. The lowest BCUT2D eigenvalue weighted by molar-refractivity contribution is -0.120. The van der Waals surface area contributed by atoms with E-state index in [0.717, 1.165) is 42.3 Å². The Morgan fingerprint density at radius 2 is 1.94 bits per heavy atom. The van der Waals surface area contributed by atoms with Crippen molar-refractivity contribution in [3.63, 3.8) is 0 Å². The maximum absolute atomic E-state index is 14.3. The summed E-state index contributed by atoms with van der Waals surface area (Å²) in [5.41, 5.74) is 3.19. The number of rotatable bonds is 12. The molecular weight excluding hydrogens is 431 g/mol. The fraction of sp³-hybridized carbons (Fsp3) is 0.500. The Morgan fingerprint density at radius 3 is 2.56 bits per heavy atom. The van der Waals surface area contributed by atoms with Crippen molar-refractivity contribution in [2.24, 2.45) is 0 Å². The Morgan fingerprint density at radius 1 is 1.22 bits per heavy atom. The normalized spacial score (nSPS) is 12.4. The number of unbranched alkanes of at least 4 members (excludes halogenated alkanes) is 2. The summed E-state index contributed by atoms with van der Waals surface area (Å²) in [6.07, 6.45) is 4.86. The third kappa shape index (κ3) is 7.58. The number of ketones is 1. The summed E-state index contributed by atoms with van der Waals surface area (Å²) in [5, 5.41) is 0. The van der Waals surface area contributed by atoms with Crippen LogP contribution in [0, 0.1) is 19.7 Å². The van der Waals surface area contributed by atoms with Gasteiger partial charge in [-0.3, -0.25) is 9.52 Å². The lowest BCUT2D eigenvalue weighted by Crippen LogP contribution is -2.14. The molecule has 6 nitrogen and oxygen atoms in total. The Hall–Kier alpha value is -2.48. The lowest BCUT2D eigenvalue weighted by atomic mass is 9.92. The van der Waals surface area contributed by atoms with Crippen molar-refractivity contribution in [2.75, 3.05) is 17.6 Å². The largest absolute Gasteiger partial charge is 0.477 e. The van der Waals surface area contributed by atoms with Crippen LogP contribution in [-0.2, 0) is 21.2 Å². The van der Waals surface area contributed by atoms with E-state index in [9.17, 15) is 17.6 Å². The third-order valence-electron chi connectivity index (χ3n) is 5.32. The van der Waals surface area contributed by atoms with Crippen molar-refractivity contribution in [1.82, 2.24) is 4.98 Å². The first-order valence-electron chi connectivity index (χ1n) is 10.9. The van der Waals surface area contributed by atoms with Crippen LogP contribution in [0.4, 0.5) is 10.1 Å². The van der Waals surface area contributed by atoms with Gasteiger partial charge < -0.3 is 4.74 Å². The molecule has 32 heavy (non-hydrogen) atoms. The summed E-state index contributed by atoms with van der Waals surface area (Å²) in [6.45, 7) is 8.35. The molecule has 0 radical (unpaired) electrons. The van der Waals surface area contributed by atoms with E-state index in [-0.39, 0.29) is 17.9 Å². The maximum Gasteiger partial charge on any atom is 0.229 e. The van der Waals surface area contributed by atoms with Gasteiger partial charge in [-0.1, -0.05) is 32.8 Å². The zero-order valence-corrected chi connectivity index (χ0v) is 20.3. The molecular formula is C24H33FN2O4S. The average molecular weight is 465 g/mol. The first-order chi connectivity index (χ1) is 15.0. The van der Waals surface area contributed by atoms with Crippen molar-refractivity contribution in [1.29, 1.82) is 0 Å². The number of carbonyl (C=O) groups excluding carboxylic acids is 1. The van der Waals surface area contributed by atoms with Crippen molar-refractivity contribution in [2.45, 2.75) is 65.7 Å². The number of anilines is 1. The molecule has 0 fully saturated rings. The number of sulfonamides is 1. The van der Waals surface area contributed by atoms with E-state index in [1.54, 1.807) is 13.0 Å². The van der Waals surface area contributed by atoms with Gasteiger partial charge in [-0.15, -0.1) is 0 Å². The van der Waals surface area contributed by atoms with Gasteiger partial charge in [0.15, 0.2) is 0 Å². The van der Waals surface area contributed by atoms with Crippen LogP contribution in [0.1, 0.15) is 67.8 Å². The number of benzene rings is 1. The maximum atomic E-state index is 14.3. The highest BCUT2D eigenvalue weighted by molar-refractivity contribution is 7.92. The number of aryl methyl sites for hydroxylation is 2. The first-order valence-corrected chi connectivity index (χ1v) is 12.8. The van der Waals surface area contributed by atoms with Gasteiger partial charge in [0.1, 0.15) is 11.6 Å². The highest BCUT2D eigenvalue weighted by atomic mass is 32.2. The molecule has 0 bridgehead atoms. The predicted molar refractivity (Wildman–Crippen MR) is 125 cm³/mol. The summed E-state index contributed by atoms with van der Waals surface area (Å²) in [6, 6.07) is 6.09.